The van der Waals surface area contributed by atoms with Gasteiger partial charge in [0.15, 0.2) is 0 Å². The lowest BCUT2D eigenvalue weighted by molar-refractivity contribution is -0.131. The van der Waals surface area contributed by atoms with E-state index in [2.05, 4.69) is 5.32 Å². The zero-order valence-electron chi connectivity index (χ0n) is 14.9. The summed E-state index contributed by atoms with van der Waals surface area (Å²) in [7, 11) is 0. The topological polar surface area (TPSA) is 75.4 Å². The average Bonchev–Trinajstić information content (AvgIpc) is 2.53. The van der Waals surface area contributed by atoms with Crippen molar-refractivity contribution in [2.75, 3.05) is 5.32 Å². The van der Waals surface area contributed by atoms with Crippen LogP contribution in [0.1, 0.15) is 52.0 Å². The Morgan fingerprint density at radius 2 is 1.92 bits per heavy atom. The van der Waals surface area contributed by atoms with E-state index in [0.717, 1.165) is 36.9 Å². The lowest BCUT2D eigenvalue weighted by Gasteiger charge is -2.26. The normalized spacial score (nSPS) is 20.7. The van der Waals surface area contributed by atoms with Crippen molar-refractivity contribution < 1.29 is 9.59 Å². The van der Waals surface area contributed by atoms with Gasteiger partial charge in [0.25, 0.3) is 0 Å². The van der Waals surface area contributed by atoms with Crippen LogP contribution < -0.4 is 11.1 Å². The molecule has 0 aliphatic heterocycles. The SMILES string of the molecule is CC(=O)N(Cc1ccc(NC(=O)C2CCCC(N)C2)cc1)C(C)C. The maximum atomic E-state index is 12.3. The minimum atomic E-state index is 0.0163. The van der Waals surface area contributed by atoms with Gasteiger partial charge in [-0.15, -0.1) is 0 Å². The van der Waals surface area contributed by atoms with Crippen molar-refractivity contribution >= 4 is 17.5 Å². The van der Waals surface area contributed by atoms with Gasteiger partial charge in [-0.25, -0.2) is 0 Å². The summed E-state index contributed by atoms with van der Waals surface area (Å²) in [4.78, 5) is 25.8. The monoisotopic (exact) mass is 331 g/mol. The van der Waals surface area contributed by atoms with Crippen LogP contribution in [0.2, 0.25) is 0 Å². The number of benzene rings is 1. The van der Waals surface area contributed by atoms with Gasteiger partial charge >= 0.3 is 0 Å². The fourth-order valence-corrected chi connectivity index (χ4v) is 3.26. The Bertz CT molecular complexity index is 568. The van der Waals surface area contributed by atoms with Gasteiger partial charge in [0, 0.05) is 37.2 Å². The molecule has 1 saturated carbocycles. The molecule has 1 aliphatic rings. The molecule has 0 spiro atoms. The standard InChI is InChI=1S/C19H29N3O2/c1-13(2)22(14(3)23)12-15-7-9-18(10-8-15)21-19(24)16-5-4-6-17(20)11-16/h7-10,13,16-17H,4-6,11-12,20H2,1-3H3,(H,21,24). The second-order valence-corrected chi connectivity index (χ2v) is 7.05. The molecule has 0 saturated heterocycles. The summed E-state index contributed by atoms with van der Waals surface area (Å²) in [6.07, 6.45) is 3.72. The zero-order chi connectivity index (χ0) is 17.7. The first-order valence-electron chi connectivity index (χ1n) is 8.79. The van der Waals surface area contributed by atoms with Crippen LogP contribution in [-0.4, -0.2) is 28.8 Å². The zero-order valence-corrected chi connectivity index (χ0v) is 14.9. The molecule has 2 unspecified atom stereocenters. The van der Waals surface area contributed by atoms with Gasteiger partial charge in [-0.1, -0.05) is 18.6 Å². The van der Waals surface area contributed by atoms with E-state index in [4.69, 9.17) is 5.73 Å². The quantitative estimate of drug-likeness (QED) is 0.871. The molecule has 24 heavy (non-hydrogen) atoms. The number of hydrogen-bond acceptors (Lipinski definition) is 3. The number of carbonyl (C=O) groups is 2. The molecule has 0 radical (unpaired) electrons. The first kappa shape index (κ1) is 18.5. The molecular formula is C19H29N3O2. The average molecular weight is 331 g/mol. The smallest absolute Gasteiger partial charge is 0.227 e. The highest BCUT2D eigenvalue weighted by Crippen LogP contribution is 2.24. The van der Waals surface area contributed by atoms with Gasteiger partial charge in [0.2, 0.25) is 11.8 Å². The Balaban J connectivity index is 1.94. The number of hydrogen-bond donors (Lipinski definition) is 2. The molecule has 2 amide bonds. The number of rotatable bonds is 5. The molecule has 0 aromatic heterocycles. The Kier molecular flexibility index (Phi) is 6.37. The van der Waals surface area contributed by atoms with Crippen LogP contribution >= 0.6 is 0 Å². The van der Waals surface area contributed by atoms with E-state index in [1.165, 1.54) is 0 Å². The third kappa shape index (κ3) is 5.06. The number of nitrogens with one attached hydrogen (secondary N) is 1. The van der Waals surface area contributed by atoms with Gasteiger partial charge in [-0.2, -0.15) is 0 Å². The molecule has 5 nitrogen and oxygen atoms in total. The van der Waals surface area contributed by atoms with E-state index in [1.54, 1.807) is 6.92 Å². The van der Waals surface area contributed by atoms with Crippen LogP contribution in [0.5, 0.6) is 0 Å². The van der Waals surface area contributed by atoms with E-state index in [-0.39, 0.29) is 29.8 Å². The van der Waals surface area contributed by atoms with E-state index in [9.17, 15) is 9.59 Å². The summed E-state index contributed by atoms with van der Waals surface area (Å²) in [6.45, 7) is 6.18. The predicted molar refractivity (Wildman–Crippen MR) is 96.4 cm³/mol. The maximum Gasteiger partial charge on any atom is 0.227 e. The second-order valence-electron chi connectivity index (χ2n) is 7.05. The Morgan fingerprint density at radius 1 is 1.25 bits per heavy atom. The molecule has 0 heterocycles. The van der Waals surface area contributed by atoms with Crippen LogP contribution in [0.3, 0.4) is 0 Å². The molecule has 1 aromatic carbocycles. The minimum absolute atomic E-state index is 0.0163. The van der Waals surface area contributed by atoms with Crippen LogP contribution in [0.4, 0.5) is 5.69 Å². The highest BCUT2D eigenvalue weighted by molar-refractivity contribution is 5.92. The predicted octanol–water partition coefficient (Wildman–Crippen LogP) is 2.90. The highest BCUT2D eigenvalue weighted by atomic mass is 16.2. The van der Waals surface area contributed by atoms with E-state index < -0.39 is 0 Å². The molecule has 1 aliphatic carbocycles. The molecule has 2 rings (SSSR count). The first-order chi connectivity index (χ1) is 11.4. The van der Waals surface area contributed by atoms with Gasteiger partial charge in [-0.3, -0.25) is 9.59 Å². The fraction of sp³-hybridized carbons (Fsp3) is 0.579. The Morgan fingerprint density at radius 3 is 2.46 bits per heavy atom. The number of carbonyl (C=O) groups excluding carboxylic acids is 2. The number of amides is 2. The Hall–Kier alpha value is -1.88. The second kappa shape index (κ2) is 8.29. The van der Waals surface area contributed by atoms with Crippen molar-refractivity contribution in [2.45, 2.75) is 65.1 Å². The van der Waals surface area contributed by atoms with Crippen molar-refractivity contribution in [3.05, 3.63) is 29.8 Å². The Labute approximate surface area is 144 Å². The third-order valence-corrected chi connectivity index (χ3v) is 4.69. The molecule has 1 aromatic rings. The van der Waals surface area contributed by atoms with Crippen molar-refractivity contribution in [3.63, 3.8) is 0 Å². The van der Waals surface area contributed by atoms with Gasteiger partial charge in [0.1, 0.15) is 0 Å². The van der Waals surface area contributed by atoms with Crippen LogP contribution in [-0.2, 0) is 16.1 Å². The largest absolute Gasteiger partial charge is 0.336 e. The number of nitrogens with two attached hydrogens (primary N) is 1. The summed E-state index contributed by atoms with van der Waals surface area (Å²) < 4.78 is 0. The fourth-order valence-electron chi connectivity index (χ4n) is 3.26. The van der Waals surface area contributed by atoms with E-state index in [1.807, 2.05) is 43.0 Å². The lowest BCUT2D eigenvalue weighted by atomic mass is 9.85. The minimum Gasteiger partial charge on any atom is -0.336 e. The van der Waals surface area contributed by atoms with E-state index in [0.29, 0.717) is 6.54 Å². The summed E-state index contributed by atoms with van der Waals surface area (Å²) >= 11 is 0. The summed E-state index contributed by atoms with van der Waals surface area (Å²) in [5, 5.41) is 2.98. The van der Waals surface area contributed by atoms with E-state index >= 15 is 0 Å². The first-order valence-corrected chi connectivity index (χ1v) is 8.79. The van der Waals surface area contributed by atoms with Gasteiger partial charge in [0.05, 0.1) is 0 Å². The van der Waals surface area contributed by atoms with Crippen molar-refractivity contribution in [1.82, 2.24) is 4.90 Å². The van der Waals surface area contributed by atoms with Crippen molar-refractivity contribution in [2.24, 2.45) is 11.7 Å². The molecule has 3 N–H and O–H groups in total. The van der Waals surface area contributed by atoms with Gasteiger partial charge < -0.3 is 16.0 Å². The molecule has 5 heteroatoms. The van der Waals surface area contributed by atoms with Crippen molar-refractivity contribution in [3.8, 4) is 0 Å². The summed E-state index contributed by atoms with van der Waals surface area (Å²) in [5.41, 5.74) is 7.80. The van der Waals surface area contributed by atoms with Crippen LogP contribution in [0.15, 0.2) is 24.3 Å². The van der Waals surface area contributed by atoms with Crippen LogP contribution in [0.25, 0.3) is 0 Å². The number of anilines is 1. The molecular weight excluding hydrogens is 302 g/mol. The maximum absolute atomic E-state index is 12.3. The lowest BCUT2D eigenvalue weighted by Crippen LogP contribution is -2.34. The van der Waals surface area contributed by atoms with Gasteiger partial charge in [-0.05, 0) is 50.8 Å². The molecule has 132 valence electrons. The summed E-state index contributed by atoms with van der Waals surface area (Å²) in [6, 6.07) is 8.02. The third-order valence-electron chi connectivity index (χ3n) is 4.69. The van der Waals surface area contributed by atoms with Crippen LogP contribution in [0, 0.1) is 5.92 Å². The van der Waals surface area contributed by atoms with Crippen molar-refractivity contribution in [1.29, 1.82) is 0 Å². The number of nitrogens with zero attached hydrogens (tertiary/aromatic N) is 1. The summed E-state index contributed by atoms with van der Waals surface area (Å²) in [5.74, 6) is 0.143. The molecule has 2 atom stereocenters. The highest BCUT2D eigenvalue weighted by Gasteiger charge is 2.25. The molecule has 1 fully saturated rings. The molecule has 0 bridgehead atoms.